The standard InChI is InChI=1S/C23H39NO6/c1-29-22(27)16-14-12-10-8-6-4-2-3-5-7-9-11-13-15-17-23(28)30-24-20(25)18-19-21(24)26/h2-19H2,1H3. The topological polar surface area (TPSA) is 90.0 Å². The van der Waals surface area contributed by atoms with Crippen molar-refractivity contribution in [2.75, 3.05) is 7.11 Å². The van der Waals surface area contributed by atoms with Gasteiger partial charge in [0.05, 0.1) is 7.11 Å². The quantitative estimate of drug-likeness (QED) is 0.174. The maximum Gasteiger partial charge on any atom is 0.333 e. The van der Waals surface area contributed by atoms with Crippen LogP contribution in [-0.4, -0.2) is 35.9 Å². The minimum absolute atomic E-state index is 0.106. The summed E-state index contributed by atoms with van der Waals surface area (Å²) in [5.74, 6) is -1.46. The molecule has 1 aliphatic rings. The third-order valence-corrected chi connectivity index (χ3v) is 5.44. The van der Waals surface area contributed by atoms with Crippen LogP contribution in [0.5, 0.6) is 0 Å². The Morgan fingerprint density at radius 2 is 0.967 bits per heavy atom. The molecule has 1 saturated heterocycles. The van der Waals surface area contributed by atoms with Crippen molar-refractivity contribution in [1.29, 1.82) is 0 Å². The number of rotatable bonds is 18. The molecule has 0 N–H and O–H groups in total. The number of unbranched alkanes of at least 4 members (excludes halogenated alkanes) is 13. The van der Waals surface area contributed by atoms with E-state index in [0.29, 0.717) is 11.5 Å². The number of methoxy groups -OCH3 is 1. The lowest BCUT2D eigenvalue weighted by molar-refractivity contribution is -0.197. The molecule has 0 unspecified atom stereocenters. The SMILES string of the molecule is COC(=O)CCCCCCCCCCCCCCCCC(=O)ON1C(=O)CCC1=O. The predicted molar refractivity (Wildman–Crippen MR) is 113 cm³/mol. The van der Waals surface area contributed by atoms with E-state index in [2.05, 4.69) is 4.74 Å². The Balaban J connectivity index is 1.78. The van der Waals surface area contributed by atoms with Crippen LogP contribution in [0.2, 0.25) is 0 Å². The van der Waals surface area contributed by atoms with Gasteiger partial charge in [0.15, 0.2) is 0 Å². The van der Waals surface area contributed by atoms with E-state index in [1.807, 2.05) is 0 Å². The number of hydrogen-bond donors (Lipinski definition) is 0. The zero-order valence-electron chi connectivity index (χ0n) is 18.6. The number of carbonyl (C=O) groups excluding carboxylic acids is 4. The van der Waals surface area contributed by atoms with Crippen LogP contribution in [0.4, 0.5) is 0 Å². The molecule has 1 heterocycles. The Morgan fingerprint density at radius 3 is 1.33 bits per heavy atom. The fourth-order valence-corrected chi connectivity index (χ4v) is 3.57. The van der Waals surface area contributed by atoms with Gasteiger partial charge >= 0.3 is 11.9 Å². The molecule has 1 rings (SSSR count). The van der Waals surface area contributed by atoms with Crippen LogP contribution < -0.4 is 0 Å². The summed E-state index contributed by atoms with van der Waals surface area (Å²) in [4.78, 5) is 50.3. The van der Waals surface area contributed by atoms with E-state index < -0.39 is 17.8 Å². The molecule has 0 aromatic rings. The fourth-order valence-electron chi connectivity index (χ4n) is 3.57. The summed E-state index contributed by atoms with van der Waals surface area (Å²) >= 11 is 0. The zero-order valence-corrected chi connectivity index (χ0v) is 18.6. The first kappa shape index (κ1) is 26.1. The molecule has 7 nitrogen and oxygen atoms in total. The van der Waals surface area contributed by atoms with Crippen LogP contribution in [0, 0.1) is 0 Å². The van der Waals surface area contributed by atoms with Gasteiger partial charge < -0.3 is 9.57 Å². The summed E-state index contributed by atoms with van der Waals surface area (Å²) in [6.45, 7) is 0. The van der Waals surface area contributed by atoms with Gasteiger partial charge in [0.25, 0.3) is 11.8 Å². The lowest BCUT2D eigenvalue weighted by Crippen LogP contribution is -2.31. The van der Waals surface area contributed by atoms with E-state index in [0.717, 1.165) is 32.1 Å². The summed E-state index contributed by atoms with van der Waals surface area (Å²) in [5, 5.41) is 0.619. The number of hydrogen-bond acceptors (Lipinski definition) is 6. The van der Waals surface area contributed by atoms with Crippen molar-refractivity contribution < 1.29 is 28.8 Å². The van der Waals surface area contributed by atoms with E-state index in [-0.39, 0.29) is 25.2 Å². The minimum atomic E-state index is -0.498. The largest absolute Gasteiger partial charge is 0.469 e. The average Bonchev–Trinajstić information content (AvgIpc) is 3.05. The van der Waals surface area contributed by atoms with Crippen molar-refractivity contribution in [2.24, 2.45) is 0 Å². The van der Waals surface area contributed by atoms with Gasteiger partial charge in [-0.05, 0) is 12.8 Å². The van der Waals surface area contributed by atoms with E-state index in [1.54, 1.807) is 0 Å². The second-order valence-electron chi connectivity index (χ2n) is 8.07. The Bertz CT molecular complexity index is 518. The molecule has 0 aromatic carbocycles. The molecule has 1 fully saturated rings. The van der Waals surface area contributed by atoms with Crippen molar-refractivity contribution in [3.63, 3.8) is 0 Å². The Kier molecular flexibility index (Phi) is 14.7. The molecule has 0 bridgehead atoms. The van der Waals surface area contributed by atoms with Crippen LogP contribution in [0.15, 0.2) is 0 Å². The second-order valence-corrected chi connectivity index (χ2v) is 8.07. The number of hydroxylamine groups is 2. The molecular formula is C23H39NO6. The first-order valence-electron chi connectivity index (χ1n) is 11.7. The predicted octanol–water partition coefficient (Wildman–Crippen LogP) is 5.01. The average molecular weight is 426 g/mol. The molecule has 0 aromatic heterocycles. The van der Waals surface area contributed by atoms with Gasteiger partial charge in [0, 0.05) is 25.7 Å². The molecule has 172 valence electrons. The molecule has 7 heteroatoms. The van der Waals surface area contributed by atoms with Crippen molar-refractivity contribution in [3.05, 3.63) is 0 Å². The monoisotopic (exact) mass is 425 g/mol. The summed E-state index contributed by atoms with van der Waals surface area (Å²) < 4.78 is 4.63. The maximum absolute atomic E-state index is 11.7. The molecule has 30 heavy (non-hydrogen) atoms. The third kappa shape index (κ3) is 12.6. The molecular weight excluding hydrogens is 386 g/mol. The van der Waals surface area contributed by atoms with Gasteiger partial charge in [-0.1, -0.05) is 77.0 Å². The van der Waals surface area contributed by atoms with E-state index in [9.17, 15) is 19.2 Å². The zero-order chi connectivity index (χ0) is 22.0. The van der Waals surface area contributed by atoms with Gasteiger partial charge in [-0.15, -0.1) is 5.06 Å². The van der Waals surface area contributed by atoms with Gasteiger partial charge in [0.1, 0.15) is 0 Å². The van der Waals surface area contributed by atoms with Gasteiger partial charge in [-0.3, -0.25) is 14.4 Å². The first-order valence-corrected chi connectivity index (χ1v) is 11.7. The number of esters is 1. The molecule has 0 aliphatic carbocycles. The van der Waals surface area contributed by atoms with Crippen molar-refractivity contribution in [3.8, 4) is 0 Å². The van der Waals surface area contributed by atoms with Crippen LogP contribution in [0.25, 0.3) is 0 Å². The fraction of sp³-hybridized carbons (Fsp3) is 0.826. The molecule has 0 radical (unpaired) electrons. The van der Waals surface area contributed by atoms with Crippen molar-refractivity contribution >= 4 is 23.8 Å². The van der Waals surface area contributed by atoms with Crippen LogP contribution in [0.3, 0.4) is 0 Å². The molecule has 1 aliphatic heterocycles. The van der Waals surface area contributed by atoms with Gasteiger partial charge in [-0.2, -0.15) is 0 Å². The second kappa shape index (κ2) is 16.8. The van der Waals surface area contributed by atoms with Crippen molar-refractivity contribution in [2.45, 2.75) is 116 Å². The normalized spacial score (nSPS) is 13.7. The summed E-state index contributed by atoms with van der Waals surface area (Å²) in [6, 6.07) is 0. The van der Waals surface area contributed by atoms with E-state index in [4.69, 9.17) is 4.84 Å². The van der Waals surface area contributed by atoms with Gasteiger partial charge in [-0.25, -0.2) is 4.79 Å². The highest BCUT2D eigenvalue weighted by Crippen LogP contribution is 2.15. The first-order chi connectivity index (χ1) is 14.5. The third-order valence-electron chi connectivity index (χ3n) is 5.44. The Labute approximate surface area is 180 Å². The van der Waals surface area contributed by atoms with Crippen LogP contribution >= 0.6 is 0 Å². The number of amides is 2. The number of ether oxygens (including phenoxy) is 1. The highest BCUT2D eigenvalue weighted by molar-refractivity contribution is 6.01. The summed E-state index contributed by atoms with van der Waals surface area (Å²) in [7, 11) is 1.44. The maximum atomic E-state index is 11.7. The number of imide groups is 1. The Morgan fingerprint density at radius 1 is 0.633 bits per heavy atom. The molecule has 0 spiro atoms. The van der Waals surface area contributed by atoms with E-state index in [1.165, 1.54) is 64.9 Å². The van der Waals surface area contributed by atoms with Crippen LogP contribution in [0.1, 0.15) is 116 Å². The lowest BCUT2D eigenvalue weighted by Gasteiger charge is -2.12. The molecule has 0 atom stereocenters. The minimum Gasteiger partial charge on any atom is -0.469 e. The highest BCUT2D eigenvalue weighted by atomic mass is 16.7. The number of nitrogens with zero attached hydrogens (tertiary/aromatic N) is 1. The molecule has 0 saturated carbocycles. The van der Waals surface area contributed by atoms with Crippen molar-refractivity contribution in [1.82, 2.24) is 5.06 Å². The Hall–Kier alpha value is -1.92. The molecule has 2 amide bonds. The lowest BCUT2D eigenvalue weighted by atomic mass is 10.0. The van der Waals surface area contributed by atoms with E-state index >= 15 is 0 Å². The highest BCUT2D eigenvalue weighted by Gasteiger charge is 2.32. The smallest absolute Gasteiger partial charge is 0.333 e. The van der Waals surface area contributed by atoms with Crippen LogP contribution in [-0.2, 0) is 28.8 Å². The van der Waals surface area contributed by atoms with Gasteiger partial charge in [0.2, 0.25) is 0 Å². The summed E-state index contributed by atoms with van der Waals surface area (Å²) in [5.41, 5.74) is 0. The number of carbonyl (C=O) groups is 4. The summed E-state index contributed by atoms with van der Waals surface area (Å²) in [6.07, 6.45) is 17.2.